The van der Waals surface area contributed by atoms with Gasteiger partial charge in [-0.15, -0.1) is 0 Å². The van der Waals surface area contributed by atoms with Crippen LogP contribution in [0.5, 0.6) is 11.5 Å². The smallest absolute Gasteiger partial charge is 0.161 e. The zero-order valence-corrected chi connectivity index (χ0v) is 9.99. The number of ether oxygens (including phenoxy) is 2. The minimum Gasteiger partial charge on any atom is -0.493 e. The second kappa shape index (κ2) is 6.32. The number of nitrogens with two attached hydrogens (primary N) is 1. The molecule has 0 unspecified atom stereocenters. The van der Waals surface area contributed by atoms with E-state index in [-0.39, 0.29) is 0 Å². The summed E-state index contributed by atoms with van der Waals surface area (Å²) in [6.45, 7) is 1.43. The fourth-order valence-electron chi connectivity index (χ4n) is 1.50. The Morgan fingerprint density at radius 2 is 1.94 bits per heavy atom. The van der Waals surface area contributed by atoms with E-state index in [9.17, 15) is 0 Å². The van der Waals surface area contributed by atoms with Crippen LogP contribution in [0.25, 0.3) is 0 Å². The minimum absolute atomic E-state index is 0.633. The van der Waals surface area contributed by atoms with Crippen LogP contribution in [0.15, 0.2) is 18.2 Å². The molecule has 90 valence electrons. The Morgan fingerprint density at radius 3 is 2.50 bits per heavy atom. The molecule has 0 heterocycles. The Bertz CT molecular complexity index is 331. The van der Waals surface area contributed by atoms with E-state index < -0.39 is 0 Å². The highest BCUT2D eigenvalue weighted by Crippen LogP contribution is 2.27. The van der Waals surface area contributed by atoms with Gasteiger partial charge in [-0.05, 0) is 24.7 Å². The van der Waals surface area contributed by atoms with Gasteiger partial charge in [0.25, 0.3) is 0 Å². The van der Waals surface area contributed by atoms with Gasteiger partial charge in [-0.2, -0.15) is 0 Å². The Labute approximate surface area is 96.1 Å². The molecular weight excluding hydrogens is 206 g/mol. The van der Waals surface area contributed by atoms with Gasteiger partial charge in [0.15, 0.2) is 11.5 Å². The molecule has 1 rings (SSSR count). The Balaban J connectivity index is 2.74. The molecule has 0 aromatic heterocycles. The van der Waals surface area contributed by atoms with Gasteiger partial charge in [-0.1, -0.05) is 6.07 Å². The Morgan fingerprint density at radius 1 is 1.25 bits per heavy atom. The molecule has 16 heavy (non-hydrogen) atoms. The normalized spacial score (nSPS) is 10.6. The molecule has 1 aromatic rings. The lowest BCUT2D eigenvalue weighted by Crippen LogP contribution is -2.34. The average Bonchev–Trinajstić information content (AvgIpc) is 2.29. The van der Waals surface area contributed by atoms with Crippen LogP contribution in [0.2, 0.25) is 0 Å². The monoisotopic (exact) mass is 225 g/mol. The summed E-state index contributed by atoms with van der Waals surface area (Å²) in [6, 6.07) is 5.87. The molecule has 5 nitrogen and oxygen atoms in total. The van der Waals surface area contributed by atoms with E-state index in [1.165, 1.54) is 0 Å². The van der Waals surface area contributed by atoms with E-state index in [4.69, 9.17) is 15.3 Å². The summed E-state index contributed by atoms with van der Waals surface area (Å²) in [6.07, 6.45) is 0. The molecule has 0 aliphatic heterocycles. The van der Waals surface area contributed by atoms with Crippen LogP contribution in [0.3, 0.4) is 0 Å². The lowest BCUT2D eigenvalue weighted by molar-refractivity contribution is 0.300. The summed E-state index contributed by atoms with van der Waals surface area (Å²) in [4.78, 5) is 2.06. The zero-order chi connectivity index (χ0) is 12.0. The Hall–Kier alpha value is -1.30. The minimum atomic E-state index is 0.633. The van der Waals surface area contributed by atoms with Gasteiger partial charge in [0.1, 0.15) is 0 Å². The molecule has 0 saturated heterocycles. The van der Waals surface area contributed by atoms with Gasteiger partial charge in [0.05, 0.1) is 20.9 Å². The third-order valence-electron chi connectivity index (χ3n) is 2.26. The van der Waals surface area contributed by atoms with Gasteiger partial charge in [0.2, 0.25) is 0 Å². The van der Waals surface area contributed by atoms with Gasteiger partial charge in [-0.25, -0.2) is 5.43 Å². The first-order valence-electron chi connectivity index (χ1n) is 5.04. The van der Waals surface area contributed by atoms with E-state index in [2.05, 4.69) is 10.3 Å². The van der Waals surface area contributed by atoms with Crippen LogP contribution in [-0.4, -0.2) is 32.8 Å². The number of benzene rings is 1. The lowest BCUT2D eigenvalue weighted by atomic mass is 10.2. The zero-order valence-electron chi connectivity index (χ0n) is 9.99. The largest absolute Gasteiger partial charge is 0.493 e. The molecule has 0 amide bonds. The fourth-order valence-corrected chi connectivity index (χ4v) is 1.50. The topological polar surface area (TPSA) is 59.8 Å². The SMILES string of the molecule is COc1ccc(CN(C)CNN)cc1OC. The summed E-state index contributed by atoms with van der Waals surface area (Å²) in [7, 11) is 5.24. The lowest BCUT2D eigenvalue weighted by Gasteiger charge is -2.16. The summed E-state index contributed by atoms with van der Waals surface area (Å²) in [5.74, 6) is 6.73. The van der Waals surface area contributed by atoms with Gasteiger partial charge in [-0.3, -0.25) is 10.7 Å². The molecule has 0 aliphatic rings. The van der Waals surface area contributed by atoms with Gasteiger partial charge in [0, 0.05) is 6.54 Å². The van der Waals surface area contributed by atoms with Crippen LogP contribution >= 0.6 is 0 Å². The van der Waals surface area contributed by atoms with Crippen molar-refractivity contribution in [3.63, 3.8) is 0 Å². The van der Waals surface area contributed by atoms with E-state index in [0.717, 1.165) is 23.6 Å². The van der Waals surface area contributed by atoms with Crippen molar-refractivity contribution in [1.29, 1.82) is 0 Å². The second-order valence-electron chi connectivity index (χ2n) is 3.57. The number of methoxy groups -OCH3 is 2. The molecule has 0 saturated carbocycles. The highest BCUT2D eigenvalue weighted by atomic mass is 16.5. The number of rotatable bonds is 6. The highest BCUT2D eigenvalue weighted by molar-refractivity contribution is 5.42. The number of hydrazine groups is 1. The Kier molecular flexibility index (Phi) is 5.04. The molecule has 0 atom stereocenters. The second-order valence-corrected chi connectivity index (χ2v) is 3.57. The fraction of sp³-hybridized carbons (Fsp3) is 0.455. The molecule has 3 N–H and O–H groups in total. The first-order chi connectivity index (χ1) is 7.71. The first-order valence-corrected chi connectivity index (χ1v) is 5.04. The van der Waals surface area contributed by atoms with Crippen molar-refractivity contribution in [2.24, 2.45) is 5.84 Å². The number of nitrogens with zero attached hydrogens (tertiary/aromatic N) is 1. The van der Waals surface area contributed by atoms with Crippen molar-refractivity contribution in [2.45, 2.75) is 6.54 Å². The van der Waals surface area contributed by atoms with Crippen molar-refractivity contribution >= 4 is 0 Å². The van der Waals surface area contributed by atoms with Crippen LogP contribution in [-0.2, 0) is 6.54 Å². The standard InChI is InChI=1S/C11H19N3O2/c1-14(8-13-12)7-9-4-5-10(15-2)11(6-9)16-3/h4-6,13H,7-8,12H2,1-3H3. The molecule has 0 bridgehead atoms. The van der Waals surface area contributed by atoms with Gasteiger partial charge >= 0.3 is 0 Å². The third kappa shape index (κ3) is 3.37. The maximum absolute atomic E-state index is 5.25. The van der Waals surface area contributed by atoms with Crippen molar-refractivity contribution < 1.29 is 9.47 Å². The van der Waals surface area contributed by atoms with Crippen molar-refractivity contribution in [3.8, 4) is 11.5 Å². The van der Waals surface area contributed by atoms with Crippen LogP contribution in [0.1, 0.15) is 5.56 Å². The maximum Gasteiger partial charge on any atom is 0.161 e. The third-order valence-corrected chi connectivity index (χ3v) is 2.26. The molecule has 0 fully saturated rings. The first kappa shape index (κ1) is 12.8. The number of hydrogen-bond acceptors (Lipinski definition) is 5. The average molecular weight is 225 g/mol. The van der Waals surface area contributed by atoms with E-state index in [1.807, 2.05) is 25.2 Å². The molecule has 1 aromatic carbocycles. The maximum atomic E-state index is 5.25. The van der Waals surface area contributed by atoms with Crippen LogP contribution in [0.4, 0.5) is 0 Å². The van der Waals surface area contributed by atoms with Crippen molar-refractivity contribution in [3.05, 3.63) is 23.8 Å². The summed E-state index contributed by atoms with van der Waals surface area (Å²) >= 11 is 0. The molecule has 0 spiro atoms. The van der Waals surface area contributed by atoms with E-state index >= 15 is 0 Å². The van der Waals surface area contributed by atoms with E-state index in [1.54, 1.807) is 14.2 Å². The van der Waals surface area contributed by atoms with Crippen molar-refractivity contribution in [2.75, 3.05) is 27.9 Å². The number of hydrogen-bond donors (Lipinski definition) is 2. The molecule has 5 heteroatoms. The predicted molar refractivity (Wildman–Crippen MR) is 63.2 cm³/mol. The summed E-state index contributed by atoms with van der Waals surface area (Å²) in [5, 5.41) is 0. The molecule has 0 aliphatic carbocycles. The summed E-state index contributed by atoms with van der Waals surface area (Å²) < 4.78 is 10.4. The van der Waals surface area contributed by atoms with Crippen LogP contribution < -0.4 is 20.7 Å². The number of nitrogens with one attached hydrogen (secondary N) is 1. The van der Waals surface area contributed by atoms with Crippen molar-refractivity contribution in [1.82, 2.24) is 10.3 Å². The van der Waals surface area contributed by atoms with Gasteiger partial charge < -0.3 is 9.47 Å². The molecular formula is C11H19N3O2. The quantitative estimate of drug-likeness (QED) is 0.421. The molecule has 0 radical (unpaired) electrons. The van der Waals surface area contributed by atoms with E-state index in [0.29, 0.717) is 6.67 Å². The van der Waals surface area contributed by atoms with Crippen LogP contribution in [0, 0.1) is 0 Å². The highest BCUT2D eigenvalue weighted by Gasteiger charge is 2.05. The predicted octanol–water partition coefficient (Wildman–Crippen LogP) is 0.556. The summed E-state index contributed by atoms with van der Waals surface area (Å²) in [5.41, 5.74) is 3.76.